The van der Waals surface area contributed by atoms with E-state index in [9.17, 15) is 4.79 Å². The Bertz CT molecular complexity index is 1190. The average Bonchev–Trinajstić information content (AvgIpc) is 3.47. The molecule has 1 N–H and O–H groups in total. The number of hydrogen-bond acceptors (Lipinski definition) is 6. The van der Waals surface area contributed by atoms with Crippen molar-refractivity contribution in [1.29, 1.82) is 0 Å². The number of aromatic nitrogens is 3. The topological polar surface area (TPSA) is 72.2 Å². The Balaban J connectivity index is 1.53. The predicted octanol–water partition coefficient (Wildman–Crippen LogP) is 5.39. The number of hydrazone groups is 1. The van der Waals surface area contributed by atoms with E-state index in [4.69, 9.17) is 0 Å². The van der Waals surface area contributed by atoms with E-state index in [2.05, 4.69) is 36.7 Å². The van der Waals surface area contributed by atoms with Gasteiger partial charge in [-0.15, -0.1) is 21.5 Å². The fourth-order valence-corrected chi connectivity index (χ4v) is 4.49. The lowest BCUT2D eigenvalue weighted by Crippen LogP contribution is -2.21. The lowest BCUT2D eigenvalue weighted by molar-refractivity contribution is -0.118. The number of carbonyl (C=O) groups excluding carboxylic acids is 1. The number of nitrogens with zero attached hydrogens (tertiary/aromatic N) is 4. The van der Waals surface area contributed by atoms with Gasteiger partial charge in [0.25, 0.3) is 5.91 Å². The smallest absolute Gasteiger partial charge is 0.250 e. The molecule has 0 bridgehead atoms. The van der Waals surface area contributed by atoms with E-state index in [1.54, 1.807) is 11.3 Å². The van der Waals surface area contributed by atoms with E-state index in [0.717, 1.165) is 26.3 Å². The van der Waals surface area contributed by atoms with Gasteiger partial charge in [0.05, 0.1) is 11.5 Å². The Morgan fingerprint density at radius 2 is 1.87 bits per heavy atom. The van der Waals surface area contributed by atoms with Crippen LogP contribution < -0.4 is 5.43 Å². The highest BCUT2D eigenvalue weighted by molar-refractivity contribution is 9.10. The number of carbonyl (C=O) groups is 1. The number of thioether (sulfide) groups is 1. The third-order valence-corrected chi connectivity index (χ3v) is 6.74. The lowest BCUT2D eigenvalue weighted by atomic mass is 10.2. The summed E-state index contributed by atoms with van der Waals surface area (Å²) in [6.45, 7) is 1.87. The van der Waals surface area contributed by atoms with E-state index in [1.165, 1.54) is 11.8 Å². The highest BCUT2D eigenvalue weighted by atomic mass is 79.9. The standard InChI is InChI=1S/C22H18BrN5OS2/c1-15(19-8-5-13-30-19)24-25-20(29)14-31-22-27-26-21(16-9-11-17(23)12-10-16)28(22)18-6-3-2-4-7-18/h2-13H,14H2,1H3,(H,25,29)/b24-15-. The molecule has 0 atom stereocenters. The first-order valence-corrected chi connectivity index (χ1v) is 12.0. The second kappa shape index (κ2) is 10.0. The van der Waals surface area contributed by atoms with Gasteiger partial charge in [-0.2, -0.15) is 5.10 Å². The van der Waals surface area contributed by atoms with Gasteiger partial charge in [-0.1, -0.05) is 64.1 Å². The lowest BCUT2D eigenvalue weighted by Gasteiger charge is -2.10. The summed E-state index contributed by atoms with van der Waals surface area (Å²) >= 11 is 6.36. The van der Waals surface area contributed by atoms with Crippen molar-refractivity contribution in [3.05, 3.63) is 81.5 Å². The van der Waals surface area contributed by atoms with Gasteiger partial charge in [-0.25, -0.2) is 5.43 Å². The number of nitrogens with one attached hydrogen (secondary N) is 1. The van der Waals surface area contributed by atoms with Crippen LogP contribution >= 0.6 is 39.0 Å². The quantitative estimate of drug-likeness (QED) is 0.205. The number of halogens is 1. The van der Waals surface area contributed by atoms with Gasteiger partial charge >= 0.3 is 0 Å². The third-order valence-electron chi connectivity index (χ3n) is 4.31. The summed E-state index contributed by atoms with van der Waals surface area (Å²) in [5.74, 6) is 0.689. The Morgan fingerprint density at radius 1 is 1.10 bits per heavy atom. The van der Waals surface area contributed by atoms with Crippen LogP contribution in [0.4, 0.5) is 0 Å². The minimum atomic E-state index is -0.200. The molecule has 0 saturated heterocycles. The molecule has 0 saturated carbocycles. The molecule has 0 unspecified atom stereocenters. The van der Waals surface area contributed by atoms with Gasteiger partial charge in [0.2, 0.25) is 0 Å². The summed E-state index contributed by atoms with van der Waals surface area (Å²) < 4.78 is 2.95. The zero-order chi connectivity index (χ0) is 21.6. The van der Waals surface area contributed by atoms with Crippen LogP contribution in [-0.2, 0) is 4.79 Å². The minimum absolute atomic E-state index is 0.173. The van der Waals surface area contributed by atoms with Crippen molar-refractivity contribution in [3.8, 4) is 17.1 Å². The molecule has 0 radical (unpaired) electrons. The van der Waals surface area contributed by atoms with Gasteiger partial charge < -0.3 is 0 Å². The summed E-state index contributed by atoms with van der Waals surface area (Å²) in [6.07, 6.45) is 0. The summed E-state index contributed by atoms with van der Waals surface area (Å²) in [6, 6.07) is 21.7. The Morgan fingerprint density at radius 3 is 2.58 bits per heavy atom. The molecule has 2 aromatic carbocycles. The van der Waals surface area contributed by atoms with Gasteiger partial charge in [-0.3, -0.25) is 9.36 Å². The first kappa shape index (κ1) is 21.5. The molecule has 0 aliphatic carbocycles. The van der Waals surface area contributed by atoms with Crippen LogP contribution in [-0.4, -0.2) is 32.1 Å². The molecule has 6 nitrogen and oxygen atoms in total. The largest absolute Gasteiger partial charge is 0.272 e. The second-order valence-corrected chi connectivity index (χ2v) is 9.29. The molecule has 2 aromatic heterocycles. The Kier molecular flexibility index (Phi) is 6.96. The Hall–Kier alpha value is -2.75. The maximum Gasteiger partial charge on any atom is 0.250 e. The predicted molar refractivity (Wildman–Crippen MR) is 130 cm³/mol. The van der Waals surface area contributed by atoms with Crippen LogP contribution in [0.2, 0.25) is 0 Å². The molecule has 31 heavy (non-hydrogen) atoms. The zero-order valence-electron chi connectivity index (χ0n) is 16.5. The maximum atomic E-state index is 12.4. The van der Waals surface area contributed by atoms with Gasteiger partial charge in [0.15, 0.2) is 11.0 Å². The molecule has 2 heterocycles. The van der Waals surface area contributed by atoms with Crippen LogP contribution in [0.5, 0.6) is 0 Å². The highest BCUT2D eigenvalue weighted by Crippen LogP contribution is 2.28. The van der Waals surface area contributed by atoms with Crippen molar-refractivity contribution in [2.75, 3.05) is 5.75 Å². The number of rotatable bonds is 7. The number of amides is 1. The Labute approximate surface area is 196 Å². The van der Waals surface area contributed by atoms with Crippen LogP contribution in [0.25, 0.3) is 17.1 Å². The van der Waals surface area contributed by atoms with Crippen molar-refractivity contribution < 1.29 is 4.79 Å². The number of benzene rings is 2. The molecule has 4 rings (SSSR count). The van der Waals surface area contributed by atoms with Crippen LogP contribution in [0.3, 0.4) is 0 Å². The SMILES string of the molecule is C/C(=N/NC(=O)CSc1nnc(-c2ccc(Br)cc2)n1-c1ccccc1)c1cccs1. The van der Waals surface area contributed by atoms with Crippen molar-refractivity contribution in [2.24, 2.45) is 5.10 Å². The maximum absolute atomic E-state index is 12.4. The molecule has 0 aliphatic heterocycles. The molecule has 4 aromatic rings. The van der Waals surface area contributed by atoms with Crippen molar-refractivity contribution in [2.45, 2.75) is 12.1 Å². The van der Waals surface area contributed by atoms with E-state index < -0.39 is 0 Å². The monoisotopic (exact) mass is 511 g/mol. The highest BCUT2D eigenvalue weighted by Gasteiger charge is 2.17. The normalized spacial score (nSPS) is 11.5. The van der Waals surface area contributed by atoms with Crippen LogP contribution in [0, 0.1) is 0 Å². The first-order chi connectivity index (χ1) is 15.1. The van der Waals surface area contributed by atoms with E-state index in [1.807, 2.05) is 83.6 Å². The third kappa shape index (κ3) is 5.30. The molecule has 1 amide bonds. The number of hydrogen-bond donors (Lipinski definition) is 1. The molecule has 0 aliphatic rings. The van der Waals surface area contributed by atoms with Crippen LogP contribution in [0.1, 0.15) is 11.8 Å². The summed E-state index contributed by atoms with van der Waals surface area (Å²) in [4.78, 5) is 13.4. The van der Waals surface area contributed by atoms with Gasteiger partial charge in [-0.05, 0) is 42.6 Å². The first-order valence-electron chi connectivity index (χ1n) is 9.38. The van der Waals surface area contributed by atoms with E-state index in [0.29, 0.717) is 11.0 Å². The summed E-state index contributed by atoms with van der Waals surface area (Å²) in [5.41, 5.74) is 5.26. The fourth-order valence-electron chi connectivity index (χ4n) is 2.81. The zero-order valence-corrected chi connectivity index (χ0v) is 19.7. The van der Waals surface area contributed by atoms with E-state index >= 15 is 0 Å². The van der Waals surface area contributed by atoms with Gasteiger partial charge in [0, 0.05) is 20.6 Å². The minimum Gasteiger partial charge on any atom is -0.272 e. The average molecular weight is 512 g/mol. The molecular formula is C22H18BrN5OS2. The number of thiophene rings is 1. The molecule has 156 valence electrons. The molecule has 0 spiro atoms. The molecule has 0 fully saturated rings. The second-order valence-electron chi connectivity index (χ2n) is 6.48. The van der Waals surface area contributed by atoms with Crippen LogP contribution in [0.15, 0.2) is 86.8 Å². The molecular weight excluding hydrogens is 494 g/mol. The van der Waals surface area contributed by atoms with E-state index in [-0.39, 0.29) is 11.7 Å². The van der Waals surface area contributed by atoms with Crippen molar-refractivity contribution in [3.63, 3.8) is 0 Å². The summed E-state index contributed by atoms with van der Waals surface area (Å²) in [5, 5.41) is 15.5. The molecule has 9 heteroatoms. The summed E-state index contributed by atoms with van der Waals surface area (Å²) in [7, 11) is 0. The van der Waals surface area contributed by atoms with Crippen molar-refractivity contribution >= 4 is 50.6 Å². The number of para-hydroxylation sites is 1. The van der Waals surface area contributed by atoms with Gasteiger partial charge in [0.1, 0.15) is 0 Å². The fraction of sp³-hybridized carbons (Fsp3) is 0.0909. The van der Waals surface area contributed by atoms with Crippen molar-refractivity contribution in [1.82, 2.24) is 20.2 Å².